The van der Waals surface area contributed by atoms with E-state index in [9.17, 15) is 0 Å². The lowest BCUT2D eigenvalue weighted by atomic mass is 10.2. The van der Waals surface area contributed by atoms with Gasteiger partial charge in [-0.15, -0.1) is 10.2 Å². The third-order valence-electron chi connectivity index (χ3n) is 2.26. The first-order valence-electron chi connectivity index (χ1n) is 5.11. The lowest BCUT2D eigenvalue weighted by Crippen LogP contribution is -2.07. The van der Waals surface area contributed by atoms with Crippen LogP contribution in [-0.4, -0.2) is 24.3 Å². The van der Waals surface area contributed by atoms with Crippen molar-refractivity contribution in [2.45, 2.75) is 16.2 Å². The lowest BCUT2D eigenvalue weighted by Gasteiger charge is -2.05. The summed E-state index contributed by atoms with van der Waals surface area (Å²) in [5, 5.41) is 9.14. The molecule has 2 rings (SSSR count). The number of benzene rings is 1. The van der Waals surface area contributed by atoms with Gasteiger partial charge in [-0.1, -0.05) is 35.2 Å². The number of hydrogen-bond donors (Lipinski definition) is 1. The molecule has 0 aliphatic rings. The molecule has 0 radical (unpaired) electrons. The van der Waals surface area contributed by atoms with E-state index in [0.717, 1.165) is 25.6 Å². The van der Waals surface area contributed by atoms with Gasteiger partial charge in [0.15, 0.2) is 4.34 Å². The van der Waals surface area contributed by atoms with Crippen LogP contribution in [-0.2, 0) is 0 Å². The van der Waals surface area contributed by atoms with Crippen LogP contribution in [0.2, 0.25) is 0 Å². The molecule has 0 aliphatic heterocycles. The zero-order valence-electron chi connectivity index (χ0n) is 9.97. The fourth-order valence-corrected chi connectivity index (χ4v) is 3.11. The van der Waals surface area contributed by atoms with E-state index in [1.165, 1.54) is 0 Å². The topological polar surface area (TPSA) is 55.0 Å². The normalized spacial score (nSPS) is 10.5. The number of anilines is 2. The first-order chi connectivity index (χ1) is 8.08. The molecule has 1 heterocycles. The van der Waals surface area contributed by atoms with Gasteiger partial charge < -0.3 is 10.6 Å². The lowest BCUT2D eigenvalue weighted by molar-refractivity contribution is 0.973. The first-order valence-corrected chi connectivity index (χ1v) is 6.75. The standard InChI is InChI=1S/C11H14N4S2/c1-7-5-4-6-8(9(7)12)16-11-14-13-10(17-11)15(2)3/h4-6H,12H2,1-3H3. The predicted octanol–water partition coefficient (Wildman–Crippen LogP) is 2.65. The molecule has 0 saturated heterocycles. The number of aryl methyl sites for hydroxylation is 1. The molecule has 2 aromatic rings. The van der Waals surface area contributed by atoms with Crippen LogP contribution in [0.5, 0.6) is 0 Å². The Balaban J connectivity index is 2.22. The number of nitrogens with two attached hydrogens (primary N) is 1. The van der Waals surface area contributed by atoms with Crippen LogP contribution in [0.3, 0.4) is 0 Å². The minimum absolute atomic E-state index is 0.819. The van der Waals surface area contributed by atoms with E-state index in [-0.39, 0.29) is 0 Å². The summed E-state index contributed by atoms with van der Waals surface area (Å²) in [6.45, 7) is 2.00. The Bertz CT molecular complexity index is 522. The summed E-state index contributed by atoms with van der Waals surface area (Å²) in [6.07, 6.45) is 0. The Morgan fingerprint density at radius 2 is 2.06 bits per heavy atom. The van der Waals surface area contributed by atoms with Crippen LogP contribution in [0.4, 0.5) is 10.8 Å². The van der Waals surface area contributed by atoms with E-state index in [4.69, 9.17) is 5.73 Å². The zero-order chi connectivity index (χ0) is 12.4. The largest absolute Gasteiger partial charge is 0.398 e. The Morgan fingerprint density at radius 3 is 2.71 bits per heavy atom. The van der Waals surface area contributed by atoms with Crippen molar-refractivity contribution in [3.63, 3.8) is 0 Å². The van der Waals surface area contributed by atoms with Crippen LogP contribution in [0.15, 0.2) is 27.4 Å². The summed E-state index contributed by atoms with van der Waals surface area (Å²) in [7, 11) is 3.91. The van der Waals surface area contributed by atoms with Gasteiger partial charge in [0.2, 0.25) is 5.13 Å². The van der Waals surface area contributed by atoms with Gasteiger partial charge in [0.1, 0.15) is 0 Å². The second kappa shape index (κ2) is 4.93. The van der Waals surface area contributed by atoms with Crippen LogP contribution in [0, 0.1) is 6.92 Å². The van der Waals surface area contributed by atoms with Gasteiger partial charge in [-0.05, 0) is 18.6 Å². The molecular weight excluding hydrogens is 252 g/mol. The van der Waals surface area contributed by atoms with E-state index in [0.29, 0.717) is 0 Å². The Hall–Kier alpha value is -1.27. The third kappa shape index (κ3) is 2.70. The van der Waals surface area contributed by atoms with Gasteiger partial charge in [0.05, 0.1) is 0 Å². The van der Waals surface area contributed by atoms with Crippen molar-refractivity contribution in [3.8, 4) is 0 Å². The van der Waals surface area contributed by atoms with Crippen molar-refractivity contribution in [1.29, 1.82) is 0 Å². The Kier molecular flexibility index (Phi) is 3.54. The minimum atomic E-state index is 0.819. The highest BCUT2D eigenvalue weighted by molar-refractivity contribution is 8.01. The first kappa shape index (κ1) is 12.2. The second-order valence-electron chi connectivity index (χ2n) is 3.83. The molecule has 0 atom stereocenters. The summed E-state index contributed by atoms with van der Waals surface area (Å²) in [4.78, 5) is 2.98. The number of nitrogens with zero attached hydrogens (tertiary/aromatic N) is 3. The number of hydrogen-bond acceptors (Lipinski definition) is 6. The van der Waals surface area contributed by atoms with Crippen LogP contribution in [0.1, 0.15) is 5.56 Å². The summed E-state index contributed by atoms with van der Waals surface area (Å²) in [6, 6.07) is 6.01. The van der Waals surface area contributed by atoms with Crippen molar-refractivity contribution >= 4 is 33.9 Å². The predicted molar refractivity (Wildman–Crippen MR) is 74.0 cm³/mol. The molecule has 0 unspecified atom stereocenters. The molecular formula is C11H14N4S2. The average molecular weight is 266 g/mol. The maximum absolute atomic E-state index is 6.02. The second-order valence-corrected chi connectivity index (χ2v) is 6.08. The summed E-state index contributed by atoms with van der Waals surface area (Å²) < 4.78 is 0.908. The van der Waals surface area contributed by atoms with Crippen molar-refractivity contribution in [1.82, 2.24) is 10.2 Å². The summed E-state index contributed by atoms with van der Waals surface area (Å²) in [5.41, 5.74) is 7.93. The van der Waals surface area contributed by atoms with Crippen molar-refractivity contribution in [3.05, 3.63) is 23.8 Å². The minimum Gasteiger partial charge on any atom is -0.398 e. The zero-order valence-corrected chi connectivity index (χ0v) is 11.6. The molecule has 1 aromatic heterocycles. The maximum Gasteiger partial charge on any atom is 0.208 e. The molecule has 0 amide bonds. The van der Waals surface area contributed by atoms with Gasteiger partial charge in [-0.25, -0.2) is 0 Å². The molecule has 90 valence electrons. The van der Waals surface area contributed by atoms with E-state index < -0.39 is 0 Å². The van der Waals surface area contributed by atoms with Crippen molar-refractivity contribution in [2.75, 3.05) is 24.7 Å². The highest BCUT2D eigenvalue weighted by Crippen LogP contribution is 2.36. The Labute approximate surface area is 109 Å². The fourth-order valence-electron chi connectivity index (χ4n) is 1.26. The molecule has 1 aromatic carbocycles. The third-order valence-corrected chi connectivity index (χ3v) is 4.48. The molecule has 0 fully saturated rings. The van der Waals surface area contributed by atoms with Crippen LogP contribution >= 0.6 is 23.1 Å². The van der Waals surface area contributed by atoms with Crippen LogP contribution < -0.4 is 10.6 Å². The van der Waals surface area contributed by atoms with Gasteiger partial charge in [0, 0.05) is 24.7 Å². The molecule has 4 nitrogen and oxygen atoms in total. The molecule has 0 saturated carbocycles. The van der Waals surface area contributed by atoms with Crippen LogP contribution in [0.25, 0.3) is 0 Å². The summed E-state index contributed by atoms with van der Waals surface area (Å²) >= 11 is 3.12. The smallest absolute Gasteiger partial charge is 0.208 e. The van der Waals surface area contributed by atoms with Crippen molar-refractivity contribution in [2.24, 2.45) is 0 Å². The SMILES string of the molecule is Cc1cccc(Sc2nnc(N(C)C)s2)c1N. The molecule has 2 N–H and O–H groups in total. The van der Waals surface area contributed by atoms with E-state index >= 15 is 0 Å². The van der Waals surface area contributed by atoms with Gasteiger partial charge in [-0.2, -0.15) is 0 Å². The maximum atomic E-state index is 6.02. The highest BCUT2D eigenvalue weighted by atomic mass is 32.2. The average Bonchev–Trinajstić information content (AvgIpc) is 2.73. The van der Waals surface area contributed by atoms with Gasteiger partial charge in [0.25, 0.3) is 0 Å². The quantitative estimate of drug-likeness (QED) is 0.866. The number of nitrogen functional groups attached to an aromatic ring is 1. The highest BCUT2D eigenvalue weighted by Gasteiger charge is 2.09. The number of rotatable bonds is 3. The van der Waals surface area contributed by atoms with Gasteiger partial charge in [-0.3, -0.25) is 0 Å². The molecule has 0 spiro atoms. The van der Waals surface area contributed by atoms with E-state index in [1.54, 1.807) is 23.1 Å². The molecule has 6 heteroatoms. The number of aromatic nitrogens is 2. The fraction of sp³-hybridized carbons (Fsp3) is 0.273. The van der Waals surface area contributed by atoms with Crippen molar-refractivity contribution < 1.29 is 0 Å². The number of para-hydroxylation sites is 1. The monoisotopic (exact) mass is 266 g/mol. The van der Waals surface area contributed by atoms with Gasteiger partial charge >= 0.3 is 0 Å². The molecule has 17 heavy (non-hydrogen) atoms. The molecule has 0 aliphatic carbocycles. The Morgan fingerprint density at radius 1 is 1.29 bits per heavy atom. The van der Waals surface area contributed by atoms with E-state index in [2.05, 4.69) is 10.2 Å². The molecule has 0 bridgehead atoms. The summed E-state index contributed by atoms with van der Waals surface area (Å²) in [5.74, 6) is 0. The van der Waals surface area contributed by atoms with E-state index in [1.807, 2.05) is 44.1 Å².